The lowest BCUT2D eigenvalue weighted by atomic mass is 10.1. The number of anilines is 1. The summed E-state index contributed by atoms with van der Waals surface area (Å²) < 4.78 is 0. The minimum atomic E-state index is -1.10. The van der Waals surface area contributed by atoms with E-state index in [0.29, 0.717) is 5.13 Å². The summed E-state index contributed by atoms with van der Waals surface area (Å²) >= 11 is 1.15. The van der Waals surface area contributed by atoms with E-state index in [0.717, 1.165) is 16.9 Å². The Hall–Kier alpha value is -2.48. The van der Waals surface area contributed by atoms with Gasteiger partial charge < -0.3 is 10.4 Å². The van der Waals surface area contributed by atoms with Crippen molar-refractivity contribution < 1.29 is 14.7 Å². The standard InChI is InChI=1S/C12H12N4O3S/c17-10(18)9(6-8-4-2-1-3-5-8)14-11(19)15-12-16-13-7-20-12/h1-5,7,9H,6H2,(H,17,18)(H2,14,15,16,19)/t9-/m0/s1. The fourth-order valence-corrected chi connectivity index (χ4v) is 2.01. The lowest BCUT2D eigenvalue weighted by Crippen LogP contribution is -2.44. The average molecular weight is 292 g/mol. The number of urea groups is 1. The van der Waals surface area contributed by atoms with Gasteiger partial charge in [-0.15, -0.1) is 10.2 Å². The van der Waals surface area contributed by atoms with Crippen LogP contribution in [0.15, 0.2) is 35.8 Å². The predicted octanol–water partition coefficient (Wildman–Crippen LogP) is 1.36. The van der Waals surface area contributed by atoms with Crippen molar-refractivity contribution in [3.05, 3.63) is 41.4 Å². The molecule has 1 aromatic carbocycles. The quantitative estimate of drug-likeness (QED) is 0.771. The van der Waals surface area contributed by atoms with E-state index in [1.807, 2.05) is 18.2 Å². The Morgan fingerprint density at radius 3 is 2.65 bits per heavy atom. The summed E-state index contributed by atoms with van der Waals surface area (Å²) in [4.78, 5) is 22.8. The van der Waals surface area contributed by atoms with Crippen molar-refractivity contribution in [2.45, 2.75) is 12.5 Å². The maximum atomic E-state index is 11.7. The van der Waals surface area contributed by atoms with E-state index in [9.17, 15) is 9.59 Å². The third-order valence-electron chi connectivity index (χ3n) is 2.47. The molecule has 0 radical (unpaired) electrons. The highest BCUT2D eigenvalue weighted by molar-refractivity contribution is 7.13. The zero-order chi connectivity index (χ0) is 14.4. The first-order chi connectivity index (χ1) is 9.65. The number of hydrogen-bond donors (Lipinski definition) is 3. The number of nitrogens with zero attached hydrogens (tertiary/aromatic N) is 2. The molecule has 20 heavy (non-hydrogen) atoms. The maximum absolute atomic E-state index is 11.7. The summed E-state index contributed by atoms with van der Waals surface area (Å²) in [5.41, 5.74) is 2.30. The topological polar surface area (TPSA) is 104 Å². The maximum Gasteiger partial charge on any atom is 0.326 e. The van der Waals surface area contributed by atoms with Crippen molar-refractivity contribution in [2.75, 3.05) is 5.32 Å². The molecule has 2 aromatic rings. The number of aromatic nitrogens is 2. The third-order valence-corrected chi connectivity index (χ3v) is 3.07. The SMILES string of the molecule is O=C(Nc1nncs1)N[C@@H](Cc1ccccc1)C(=O)O. The van der Waals surface area contributed by atoms with E-state index >= 15 is 0 Å². The number of aliphatic carboxylic acids is 1. The van der Waals surface area contributed by atoms with E-state index in [1.165, 1.54) is 5.51 Å². The molecule has 0 aliphatic carbocycles. The van der Waals surface area contributed by atoms with E-state index < -0.39 is 18.0 Å². The molecule has 0 aliphatic rings. The van der Waals surface area contributed by atoms with Gasteiger partial charge in [-0.25, -0.2) is 9.59 Å². The summed E-state index contributed by atoms with van der Waals surface area (Å²) in [6.45, 7) is 0. The van der Waals surface area contributed by atoms with Crippen LogP contribution in [0.5, 0.6) is 0 Å². The summed E-state index contributed by atoms with van der Waals surface area (Å²) in [7, 11) is 0. The number of hydrogen-bond acceptors (Lipinski definition) is 5. The number of carboxylic acid groups (broad SMARTS) is 1. The van der Waals surface area contributed by atoms with Crippen molar-refractivity contribution in [2.24, 2.45) is 0 Å². The van der Waals surface area contributed by atoms with Crippen LogP contribution in [0, 0.1) is 0 Å². The van der Waals surface area contributed by atoms with Crippen molar-refractivity contribution in [3.8, 4) is 0 Å². The fourth-order valence-electron chi connectivity index (χ4n) is 1.57. The van der Waals surface area contributed by atoms with Gasteiger partial charge in [0.15, 0.2) is 0 Å². The molecule has 1 atom stereocenters. The fraction of sp³-hybridized carbons (Fsp3) is 0.167. The first-order valence-corrected chi connectivity index (χ1v) is 6.63. The monoisotopic (exact) mass is 292 g/mol. The summed E-state index contributed by atoms with van der Waals surface area (Å²) in [6.07, 6.45) is 0.208. The van der Waals surface area contributed by atoms with Crippen molar-refractivity contribution in [3.63, 3.8) is 0 Å². The number of carbonyl (C=O) groups excluding carboxylic acids is 1. The zero-order valence-corrected chi connectivity index (χ0v) is 11.1. The van der Waals surface area contributed by atoms with Crippen LogP contribution < -0.4 is 10.6 Å². The lowest BCUT2D eigenvalue weighted by molar-refractivity contribution is -0.139. The number of amides is 2. The number of carboxylic acids is 1. The number of nitrogens with one attached hydrogen (secondary N) is 2. The summed E-state index contributed by atoms with van der Waals surface area (Å²) in [5.74, 6) is -1.10. The smallest absolute Gasteiger partial charge is 0.326 e. The largest absolute Gasteiger partial charge is 0.480 e. The van der Waals surface area contributed by atoms with Gasteiger partial charge in [0.05, 0.1) is 0 Å². The Morgan fingerprint density at radius 1 is 1.30 bits per heavy atom. The Kier molecular flexibility index (Phi) is 4.61. The van der Waals surface area contributed by atoms with Crippen molar-refractivity contribution >= 4 is 28.5 Å². The molecule has 0 fully saturated rings. The second kappa shape index (κ2) is 6.62. The second-order valence-electron chi connectivity index (χ2n) is 3.92. The molecule has 8 heteroatoms. The highest BCUT2D eigenvalue weighted by Crippen LogP contribution is 2.08. The van der Waals surface area contributed by atoms with Gasteiger partial charge in [-0.1, -0.05) is 41.7 Å². The van der Waals surface area contributed by atoms with Crippen LogP contribution in [-0.2, 0) is 11.2 Å². The van der Waals surface area contributed by atoms with Crippen LogP contribution in [0.4, 0.5) is 9.93 Å². The average Bonchev–Trinajstić information content (AvgIpc) is 2.92. The molecule has 0 saturated heterocycles. The highest BCUT2D eigenvalue weighted by Gasteiger charge is 2.20. The number of benzene rings is 1. The van der Waals surface area contributed by atoms with Crippen LogP contribution in [-0.4, -0.2) is 33.3 Å². The third kappa shape index (κ3) is 4.02. The van der Waals surface area contributed by atoms with Gasteiger partial charge in [0.1, 0.15) is 11.6 Å². The molecule has 104 valence electrons. The van der Waals surface area contributed by atoms with Crippen molar-refractivity contribution in [1.82, 2.24) is 15.5 Å². The molecule has 3 N–H and O–H groups in total. The summed E-state index contributed by atoms with van der Waals surface area (Å²) in [6, 6.07) is 7.45. The van der Waals surface area contributed by atoms with Gasteiger partial charge in [0.2, 0.25) is 5.13 Å². The molecule has 0 spiro atoms. The van der Waals surface area contributed by atoms with Gasteiger partial charge in [0, 0.05) is 6.42 Å². The zero-order valence-electron chi connectivity index (χ0n) is 10.3. The predicted molar refractivity (Wildman–Crippen MR) is 73.6 cm³/mol. The van der Waals surface area contributed by atoms with Crippen LogP contribution in [0.1, 0.15) is 5.56 Å². The van der Waals surface area contributed by atoms with E-state index in [4.69, 9.17) is 5.11 Å². The Labute approximate surface area is 118 Å². The van der Waals surface area contributed by atoms with E-state index in [-0.39, 0.29) is 6.42 Å². The molecule has 0 saturated carbocycles. The second-order valence-corrected chi connectivity index (χ2v) is 4.76. The van der Waals surface area contributed by atoms with Gasteiger partial charge in [-0.05, 0) is 5.56 Å². The Bertz CT molecular complexity index is 574. The van der Waals surface area contributed by atoms with E-state index in [2.05, 4.69) is 20.8 Å². The lowest BCUT2D eigenvalue weighted by Gasteiger charge is -2.14. The first kappa shape index (κ1) is 13.9. The minimum Gasteiger partial charge on any atom is -0.480 e. The molecule has 2 rings (SSSR count). The molecule has 1 heterocycles. The molecule has 0 bridgehead atoms. The first-order valence-electron chi connectivity index (χ1n) is 5.75. The molecular formula is C12H12N4O3S. The minimum absolute atomic E-state index is 0.208. The molecule has 0 aliphatic heterocycles. The van der Waals surface area contributed by atoms with Gasteiger partial charge in [0.25, 0.3) is 0 Å². The molecule has 2 amide bonds. The van der Waals surface area contributed by atoms with Gasteiger partial charge >= 0.3 is 12.0 Å². The Morgan fingerprint density at radius 2 is 2.05 bits per heavy atom. The van der Waals surface area contributed by atoms with Crippen LogP contribution in [0.25, 0.3) is 0 Å². The molecule has 1 aromatic heterocycles. The van der Waals surface area contributed by atoms with Crippen LogP contribution in [0.2, 0.25) is 0 Å². The van der Waals surface area contributed by atoms with E-state index in [1.54, 1.807) is 12.1 Å². The van der Waals surface area contributed by atoms with Crippen LogP contribution in [0.3, 0.4) is 0 Å². The van der Waals surface area contributed by atoms with Gasteiger partial charge in [-0.3, -0.25) is 5.32 Å². The molecule has 7 nitrogen and oxygen atoms in total. The normalized spacial score (nSPS) is 11.6. The summed E-state index contributed by atoms with van der Waals surface area (Å²) in [5, 5.41) is 21.5. The molecular weight excluding hydrogens is 280 g/mol. The number of carbonyl (C=O) groups is 2. The van der Waals surface area contributed by atoms with Crippen LogP contribution >= 0.6 is 11.3 Å². The van der Waals surface area contributed by atoms with Crippen molar-refractivity contribution in [1.29, 1.82) is 0 Å². The highest BCUT2D eigenvalue weighted by atomic mass is 32.1. The Balaban J connectivity index is 1.95. The van der Waals surface area contributed by atoms with Gasteiger partial charge in [-0.2, -0.15) is 0 Å². The molecule has 0 unspecified atom stereocenters. The number of rotatable bonds is 5.